The number of unbranched alkanes of at least 4 members (excludes halogenated alkanes) is 5. The minimum absolute atomic E-state index is 1.14. The lowest BCUT2D eigenvalue weighted by molar-refractivity contribution is 0.642. The molecule has 0 nitrogen and oxygen atoms in total. The Kier molecular flexibility index (Phi) is 13.4. The lowest BCUT2D eigenvalue weighted by Crippen LogP contribution is -1.78. The number of halogens is 1. The summed E-state index contributed by atoms with van der Waals surface area (Å²) in [6.07, 6.45) is 18.2. The van der Waals surface area contributed by atoms with E-state index in [4.69, 9.17) is 0 Å². The fourth-order valence-electron chi connectivity index (χ4n) is 1.28. The molecular formula is C13H23I. The Morgan fingerprint density at radius 2 is 1.50 bits per heavy atom. The van der Waals surface area contributed by atoms with E-state index in [1.807, 2.05) is 0 Å². The van der Waals surface area contributed by atoms with Crippen molar-refractivity contribution in [3.05, 3.63) is 24.3 Å². The highest BCUT2D eigenvalue weighted by Gasteiger charge is 1.87. The maximum absolute atomic E-state index is 2.46. The van der Waals surface area contributed by atoms with Crippen molar-refractivity contribution in [2.45, 2.75) is 51.9 Å². The molecule has 0 bridgehead atoms. The minimum Gasteiger partial charge on any atom is -0.0864 e. The molecule has 0 aromatic carbocycles. The first-order chi connectivity index (χ1) is 6.91. The summed E-state index contributed by atoms with van der Waals surface area (Å²) >= 11 is 2.46. The van der Waals surface area contributed by atoms with E-state index in [9.17, 15) is 0 Å². The first-order valence-electron chi connectivity index (χ1n) is 5.79. The van der Waals surface area contributed by atoms with Gasteiger partial charge in [0.05, 0.1) is 0 Å². The molecular weight excluding hydrogens is 283 g/mol. The largest absolute Gasteiger partial charge is 0.0864 e. The lowest BCUT2D eigenvalue weighted by Gasteiger charge is -1.96. The van der Waals surface area contributed by atoms with Crippen LogP contribution in [0.25, 0.3) is 0 Å². The zero-order valence-corrected chi connectivity index (χ0v) is 11.5. The van der Waals surface area contributed by atoms with Crippen LogP contribution >= 0.6 is 22.6 Å². The number of alkyl halides is 1. The second-order valence-corrected chi connectivity index (χ2v) is 4.59. The van der Waals surface area contributed by atoms with Crippen LogP contribution in [0.2, 0.25) is 0 Å². The zero-order chi connectivity index (χ0) is 10.5. The molecule has 1 heteroatoms. The Morgan fingerprint density at radius 1 is 0.857 bits per heavy atom. The van der Waals surface area contributed by atoms with Gasteiger partial charge in [0.2, 0.25) is 0 Å². The number of hydrogen-bond donors (Lipinski definition) is 0. The van der Waals surface area contributed by atoms with Gasteiger partial charge >= 0.3 is 0 Å². The fourth-order valence-corrected chi connectivity index (χ4v) is 1.82. The quantitative estimate of drug-likeness (QED) is 0.235. The van der Waals surface area contributed by atoms with Gasteiger partial charge in [-0.05, 0) is 30.1 Å². The molecule has 0 aromatic rings. The molecule has 82 valence electrons. The first-order valence-corrected chi connectivity index (χ1v) is 7.32. The molecule has 0 atom stereocenters. The topological polar surface area (TPSA) is 0 Å². The molecule has 0 aliphatic rings. The van der Waals surface area contributed by atoms with Gasteiger partial charge in [-0.25, -0.2) is 0 Å². The van der Waals surface area contributed by atoms with Crippen molar-refractivity contribution < 1.29 is 0 Å². The molecule has 0 N–H and O–H groups in total. The van der Waals surface area contributed by atoms with Crippen LogP contribution in [0.1, 0.15) is 51.9 Å². The third kappa shape index (κ3) is 12.2. The van der Waals surface area contributed by atoms with Gasteiger partial charge in [0.25, 0.3) is 0 Å². The number of rotatable bonds is 9. The Labute approximate surface area is 103 Å². The van der Waals surface area contributed by atoms with Crippen LogP contribution in [-0.2, 0) is 0 Å². The average molecular weight is 306 g/mol. The summed E-state index contributed by atoms with van der Waals surface area (Å²) in [6.45, 7) is 2.16. The molecule has 0 heterocycles. The smallest absolute Gasteiger partial charge is 0.000473 e. The van der Waals surface area contributed by atoms with Gasteiger partial charge in [-0.15, -0.1) is 0 Å². The SMILES string of the molecule is CCC=CC=CCCCCCCCI. The van der Waals surface area contributed by atoms with Crippen molar-refractivity contribution in [3.63, 3.8) is 0 Å². The van der Waals surface area contributed by atoms with Gasteiger partial charge in [0, 0.05) is 0 Å². The molecule has 0 unspecified atom stereocenters. The van der Waals surface area contributed by atoms with Crippen LogP contribution in [0.4, 0.5) is 0 Å². The fraction of sp³-hybridized carbons (Fsp3) is 0.692. The second-order valence-electron chi connectivity index (χ2n) is 3.51. The first kappa shape index (κ1) is 14.2. The molecule has 0 saturated heterocycles. The van der Waals surface area contributed by atoms with Crippen LogP contribution < -0.4 is 0 Å². The van der Waals surface area contributed by atoms with E-state index in [-0.39, 0.29) is 0 Å². The second kappa shape index (κ2) is 13.2. The van der Waals surface area contributed by atoms with E-state index < -0.39 is 0 Å². The standard InChI is InChI=1S/C13H23I/c1-2-3-4-5-6-7-8-9-10-11-12-13-14/h3-6H,2,7-13H2,1H3. The van der Waals surface area contributed by atoms with E-state index in [0.717, 1.165) is 6.42 Å². The molecule has 0 aromatic heterocycles. The van der Waals surface area contributed by atoms with Gasteiger partial charge in [-0.2, -0.15) is 0 Å². The van der Waals surface area contributed by atoms with Crippen molar-refractivity contribution in [2.24, 2.45) is 0 Å². The molecule has 0 amide bonds. The molecule has 0 aliphatic carbocycles. The van der Waals surface area contributed by atoms with Crippen molar-refractivity contribution in [1.82, 2.24) is 0 Å². The predicted octanol–water partition coefficient (Wildman–Crippen LogP) is 5.28. The van der Waals surface area contributed by atoms with E-state index in [1.54, 1.807) is 0 Å². The Morgan fingerprint density at radius 3 is 2.21 bits per heavy atom. The molecule has 0 fully saturated rings. The Hall–Kier alpha value is 0.210. The van der Waals surface area contributed by atoms with Crippen molar-refractivity contribution >= 4 is 22.6 Å². The van der Waals surface area contributed by atoms with Crippen molar-refractivity contribution in [3.8, 4) is 0 Å². The highest BCUT2D eigenvalue weighted by atomic mass is 127. The summed E-state index contributed by atoms with van der Waals surface area (Å²) in [4.78, 5) is 0. The predicted molar refractivity (Wildman–Crippen MR) is 75.2 cm³/mol. The molecule has 0 radical (unpaired) electrons. The molecule has 0 rings (SSSR count). The van der Waals surface area contributed by atoms with Crippen molar-refractivity contribution in [1.29, 1.82) is 0 Å². The highest BCUT2D eigenvalue weighted by Crippen LogP contribution is 2.06. The molecule has 0 saturated carbocycles. The lowest BCUT2D eigenvalue weighted by atomic mass is 10.1. The summed E-state index contributed by atoms with van der Waals surface area (Å²) in [6, 6.07) is 0. The average Bonchev–Trinajstić information content (AvgIpc) is 2.21. The molecule has 0 spiro atoms. The van der Waals surface area contributed by atoms with Crippen LogP contribution in [0.3, 0.4) is 0 Å². The zero-order valence-electron chi connectivity index (χ0n) is 9.34. The summed E-state index contributed by atoms with van der Waals surface area (Å²) in [7, 11) is 0. The van der Waals surface area contributed by atoms with Gasteiger partial charge in [0.15, 0.2) is 0 Å². The van der Waals surface area contributed by atoms with Gasteiger partial charge in [-0.1, -0.05) is 73.1 Å². The van der Waals surface area contributed by atoms with E-state index in [2.05, 4.69) is 53.8 Å². The maximum Gasteiger partial charge on any atom is -0.000473 e. The minimum atomic E-state index is 1.14. The van der Waals surface area contributed by atoms with E-state index in [0.29, 0.717) is 0 Å². The molecule has 14 heavy (non-hydrogen) atoms. The van der Waals surface area contributed by atoms with Gasteiger partial charge in [-0.3, -0.25) is 0 Å². The Bertz CT molecular complexity index is 147. The van der Waals surface area contributed by atoms with Crippen LogP contribution in [0.5, 0.6) is 0 Å². The number of hydrogen-bond acceptors (Lipinski definition) is 0. The summed E-state index contributed by atoms with van der Waals surface area (Å²) in [5.41, 5.74) is 0. The number of allylic oxidation sites excluding steroid dienone is 4. The van der Waals surface area contributed by atoms with Gasteiger partial charge in [0.1, 0.15) is 0 Å². The summed E-state index contributed by atoms with van der Waals surface area (Å²) in [5, 5.41) is 0. The van der Waals surface area contributed by atoms with Gasteiger partial charge < -0.3 is 0 Å². The highest BCUT2D eigenvalue weighted by molar-refractivity contribution is 14.1. The van der Waals surface area contributed by atoms with Crippen LogP contribution in [-0.4, -0.2) is 4.43 Å². The Balaban J connectivity index is 3.05. The monoisotopic (exact) mass is 306 g/mol. The summed E-state index contributed by atoms with van der Waals surface area (Å²) < 4.78 is 1.32. The summed E-state index contributed by atoms with van der Waals surface area (Å²) in [5.74, 6) is 0. The van der Waals surface area contributed by atoms with Crippen LogP contribution in [0.15, 0.2) is 24.3 Å². The van der Waals surface area contributed by atoms with Crippen molar-refractivity contribution in [2.75, 3.05) is 4.43 Å². The normalized spacial score (nSPS) is 11.9. The maximum atomic E-state index is 2.46. The third-order valence-electron chi connectivity index (χ3n) is 2.12. The van der Waals surface area contributed by atoms with E-state index in [1.165, 1.54) is 43.0 Å². The third-order valence-corrected chi connectivity index (χ3v) is 2.89. The molecule has 0 aliphatic heterocycles. The van der Waals surface area contributed by atoms with Crippen LogP contribution in [0, 0.1) is 0 Å². The van der Waals surface area contributed by atoms with E-state index >= 15 is 0 Å².